The van der Waals surface area contributed by atoms with Gasteiger partial charge in [0.05, 0.1) is 10.6 Å². The summed E-state index contributed by atoms with van der Waals surface area (Å²) in [6.07, 6.45) is 0. The Bertz CT molecular complexity index is 574. The summed E-state index contributed by atoms with van der Waals surface area (Å²) in [5.41, 5.74) is 5.65. The standard InChI is InChI=1S/C12H18N2O3S2/c1-8-9(2)18-6-5-14(8)19(16,17)10-3-4-12(15)11(13)7-10/h3-4,7-9,15H,5-6,13H2,1-2H3. The van der Waals surface area contributed by atoms with E-state index in [1.165, 1.54) is 22.5 Å². The number of nitrogens with zero attached hydrogens (tertiary/aromatic N) is 1. The quantitative estimate of drug-likeness (QED) is 0.639. The van der Waals surface area contributed by atoms with Crippen LogP contribution in [0.4, 0.5) is 5.69 Å². The summed E-state index contributed by atoms with van der Waals surface area (Å²) in [6, 6.07) is 3.96. The van der Waals surface area contributed by atoms with E-state index in [0.717, 1.165) is 5.75 Å². The first kappa shape index (κ1) is 14.5. The lowest BCUT2D eigenvalue weighted by Gasteiger charge is -2.36. The van der Waals surface area contributed by atoms with Crippen molar-refractivity contribution in [3.63, 3.8) is 0 Å². The fourth-order valence-electron chi connectivity index (χ4n) is 2.07. The molecule has 0 saturated carbocycles. The van der Waals surface area contributed by atoms with Crippen LogP contribution in [0.3, 0.4) is 0 Å². The van der Waals surface area contributed by atoms with E-state index in [0.29, 0.717) is 6.54 Å². The number of nitrogens with two attached hydrogens (primary N) is 1. The number of nitrogen functional groups attached to an aromatic ring is 1. The molecule has 1 heterocycles. The molecule has 1 saturated heterocycles. The zero-order chi connectivity index (χ0) is 14.2. The summed E-state index contributed by atoms with van der Waals surface area (Å²) in [5, 5.41) is 9.64. The topological polar surface area (TPSA) is 83.6 Å². The lowest BCUT2D eigenvalue weighted by Crippen LogP contribution is -2.47. The van der Waals surface area contributed by atoms with Gasteiger partial charge in [0.1, 0.15) is 5.75 Å². The molecule has 1 aliphatic heterocycles. The van der Waals surface area contributed by atoms with E-state index in [1.54, 1.807) is 11.8 Å². The summed E-state index contributed by atoms with van der Waals surface area (Å²) >= 11 is 1.78. The maximum absolute atomic E-state index is 12.6. The summed E-state index contributed by atoms with van der Waals surface area (Å²) < 4.78 is 26.7. The van der Waals surface area contributed by atoms with Gasteiger partial charge in [-0.05, 0) is 25.1 Å². The van der Waals surface area contributed by atoms with Crippen molar-refractivity contribution >= 4 is 27.5 Å². The molecule has 2 unspecified atom stereocenters. The van der Waals surface area contributed by atoms with Crippen LogP contribution in [0.15, 0.2) is 23.1 Å². The number of phenols is 1. The Morgan fingerprint density at radius 1 is 1.42 bits per heavy atom. The van der Waals surface area contributed by atoms with E-state index < -0.39 is 10.0 Å². The molecule has 3 N–H and O–H groups in total. The number of anilines is 1. The fraction of sp³-hybridized carbons (Fsp3) is 0.500. The van der Waals surface area contributed by atoms with E-state index in [4.69, 9.17) is 5.73 Å². The van der Waals surface area contributed by atoms with Crippen molar-refractivity contribution < 1.29 is 13.5 Å². The van der Waals surface area contributed by atoms with Crippen molar-refractivity contribution in [2.45, 2.75) is 30.0 Å². The minimum atomic E-state index is -3.55. The molecule has 2 rings (SSSR count). The lowest BCUT2D eigenvalue weighted by molar-refractivity contribution is 0.340. The van der Waals surface area contributed by atoms with Crippen LogP contribution in [0, 0.1) is 0 Å². The molecule has 106 valence electrons. The van der Waals surface area contributed by atoms with Crippen LogP contribution < -0.4 is 5.73 Å². The Morgan fingerprint density at radius 2 is 2.11 bits per heavy atom. The van der Waals surface area contributed by atoms with Gasteiger partial charge in [-0.1, -0.05) is 6.92 Å². The molecule has 0 radical (unpaired) electrons. The predicted molar refractivity (Wildman–Crippen MR) is 77.8 cm³/mol. The smallest absolute Gasteiger partial charge is 0.243 e. The Labute approximate surface area is 117 Å². The zero-order valence-corrected chi connectivity index (χ0v) is 12.5. The second-order valence-electron chi connectivity index (χ2n) is 4.65. The van der Waals surface area contributed by atoms with Gasteiger partial charge in [-0.15, -0.1) is 0 Å². The predicted octanol–water partition coefficient (Wildman–Crippen LogP) is 1.49. The first-order valence-electron chi connectivity index (χ1n) is 6.06. The van der Waals surface area contributed by atoms with Crippen LogP contribution in [0.2, 0.25) is 0 Å². The normalized spacial score (nSPS) is 25.4. The van der Waals surface area contributed by atoms with E-state index >= 15 is 0 Å². The Balaban J connectivity index is 2.38. The average Bonchev–Trinajstić information content (AvgIpc) is 2.35. The first-order chi connectivity index (χ1) is 8.84. The third-order valence-corrected chi connectivity index (χ3v) is 6.75. The van der Waals surface area contributed by atoms with E-state index in [9.17, 15) is 13.5 Å². The molecular formula is C12H18N2O3S2. The third kappa shape index (κ3) is 2.68. The number of benzene rings is 1. The minimum absolute atomic E-state index is 0.0567. The molecule has 1 aromatic rings. The van der Waals surface area contributed by atoms with Crippen LogP contribution in [0.25, 0.3) is 0 Å². The minimum Gasteiger partial charge on any atom is -0.506 e. The van der Waals surface area contributed by atoms with E-state index in [-0.39, 0.29) is 27.6 Å². The van der Waals surface area contributed by atoms with Crippen molar-refractivity contribution in [2.24, 2.45) is 0 Å². The summed E-state index contributed by atoms with van der Waals surface area (Å²) in [7, 11) is -3.55. The largest absolute Gasteiger partial charge is 0.506 e. The highest BCUT2D eigenvalue weighted by Gasteiger charge is 2.35. The maximum atomic E-state index is 12.6. The molecule has 0 aliphatic carbocycles. The van der Waals surface area contributed by atoms with Gasteiger partial charge in [0.15, 0.2) is 0 Å². The van der Waals surface area contributed by atoms with Crippen molar-refractivity contribution in [1.29, 1.82) is 0 Å². The Kier molecular flexibility index (Phi) is 3.98. The molecule has 1 aliphatic rings. The number of rotatable bonds is 2. The van der Waals surface area contributed by atoms with Crippen LogP contribution >= 0.6 is 11.8 Å². The monoisotopic (exact) mass is 302 g/mol. The number of phenolic OH excluding ortho intramolecular Hbond substituents is 1. The molecule has 7 heteroatoms. The number of aromatic hydroxyl groups is 1. The second-order valence-corrected chi connectivity index (χ2v) is 8.03. The molecule has 1 fully saturated rings. The zero-order valence-electron chi connectivity index (χ0n) is 10.9. The van der Waals surface area contributed by atoms with Gasteiger partial charge in [-0.25, -0.2) is 8.42 Å². The highest BCUT2D eigenvalue weighted by Crippen LogP contribution is 2.31. The second kappa shape index (κ2) is 5.22. The van der Waals surface area contributed by atoms with Gasteiger partial charge in [0.25, 0.3) is 0 Å². The molecule has 19 heavy (non-hydrogen) atoms. The number of sulfonamides is 1. The molecule has 0 amide bonds. The lowest BCUT2D eigenvalue weighted by atomic mass is 10.2. The van der Waals surface area contributed by atoms with Gasteiger partial charge >= 0.3 is 0 Å². The number of hydrogen-bond donors (Lipinski definition) is 2. The van der Waals surface area contributed by atoms with Crippen LogP contribution in [-0.2, 0) is 10.0 Å². The van der Waals surface area contributed by atoms with Gasteiger partial charge in [0, 0.05) is 23.6 Å². The van der Waals surface area contributed by atoms with Gasteiger partial charge in [-0.3, -0.25) is 0 Å². The number of hydrogen-bond acceptors (Lipinski definition) is 5. The Morgan fingerprint density at radius 3 is 2.74 bits per heavy atom. The maximum Gasteiger partial charge on any atom is 0.243 e. The SMILES string of the molecule is CC1SCCN(S(=O)(=O)c2ccc(O)c(N)c2)C1C. The van der Waals surface area contributed by atoms with Crippen LogP contribution in [0.1, 0.15) is 13.8 Å². The summed E-state index contributed by atoms with van der Waals surface area (Å²) in [5.74, 6) is 0.688. The molecule has 0 spiro atoms. The fourth-order valence-corrected chi connectivity index (χ4v) is 5.10. The highest BCUT2D eigenvalue weighted by molar-refractivity contribution is 8.00. The van der Waals surface area contributed by atoms with Gasteiger partial charge < -0.3 is 10.8 Å². The molecule has 5 nitrogen and oxygen atoms in total. The molecular weight excluding hydrogens is 284 g/mol. The van der Waals surface area contributed by atoms with E-state index in [2.05, 4.69) is 0 Å². The number of thioether (sulfide) groups is 1. The van der Waals surface area contributed by atoms with Gasteiger partial charge in [-0.2, -0.15) is 16.1 Å². The third-order valence-electron chi connectivity index (χ3n) is 3.43. The highest BCUT2D eigenvalue weighted by atomic mass is 32.2. The molecule has 1 aromatic carbocycles. The average molecular weight is 302 g/mol. The van der Waals surface area contributed by atoms with E-state index in [1.807, 2.05) is 13.8 Å². The van der Waals surface area contributed by atoms with Crippen LogP contribution in [-0.4, -0.2) is 41.4 Å². The molecule has 0 aromatic heterocycles. The van der Waals surface area contributed by atoms with Crippen molar-refractivity contribution in [3.05, 3.63) is 18.2 Å². The van der Waals surface area contributed by atoms with Gasteiger partial charge in [0.2, 0.25) is 10.0 Å². The molecule has 0 bridgehead atoms. The van der Waals surface area contributed by atoms with Crippen LogP contribution in [0.5, 0.6) is 5.75 Å². The first-order valence-corrected chi connectivity index (χ1v) is 8.55. The summed E-state index contributed by atoms with van der Waals surface area (Å²) in [4.78, 5) is 0.133. The van der Waals surface area contributed by atoms with Crippen molar-refractivity contribution in [1.82, 2.24) is 4.31 Å². The Hall–Kier alpha value is -0.920. The van der Waals surface area contributed by atoms with Crippen molar-refractivity contribution in [2.75, 3.05) is 18.0 Å². The van der Waals surface area contributed by atoms with Crippen molar-refractivity contribution in [3.8, 4) is 5.75 Å². The summed E-state index contributed by atoms with van der Waals surface area (Å²) in [6.45, 7) is 4.44. The molecule has 2 atom stereocenters.